The Morgan fingerprint density at radius 2 is 1.60 bits per heavy atom. The zero-order valence-electron chi connectivity index (χ0n) is 4.15. The molecule has 0 aliphatic heterocycles. The SMILES string of the molecule is C[SiH2]O.[K].[Na]. The van der Waals surface area contributed by atoms with Gasteiger partial charge in [-0.15, -0.1) is 0 Å². The number of hydrogen-bond donors (Lipinski definition) is 1. The van der Waals surface area contributed by atoms with E-state index in [1.54, 1.807) is 0 Å². The maximum atomic E-state index is 7.71. The quantitative estimate of drug-likeness (QED) is 0.384. The third-order valence-corrected chi connectivity index (χ3v) is 0. The van der Waals surface area contributed by atoms with E-state index in [4.69, 9.17) is 4.80 Å². The van der Waals surface area contributed by atoms with Gasteiger partial charge in [-0.3, -0.25) is 0 Å². The van der Waals surface area contributed by atoms with Gasteiger partial charge in [0.25, 0.3) is 0 Å². The molecule has 1 nitrogen and oxygen atoms in total. The van der Waals surface area contributed by atoms with Crippen molar-refractivity contribution >= 4 is 90.7 Å². The van der Waals surface area contributed by atoms with Crippen LogP contribution >= 0.6 is 0 Å². The number of rotatable bonds is 0. The molecule has 0 aliphatic rings. The molecule has 0 bridgehead atoms. The van der Waals surface area contributed by atoms with Crippen LogP contribution in [0.3, 0.4) is 0 Å². The van der Waals surface area contributed by atoms with E-state index in [1.165, 1.54) is 0 Å². The predicted octanol–water partition coefficient (Wildman–Crippen LogP) is -1.65. The molecule has 2 radical (unpaired) electrons. The summed E-state index contributed by atoms with van der Waals surface area (Å²) in [5.74, 6) is 0. The molecule has 0 rings (SSSR count). The van der Waals surface area contributed by atoms with Gasteiger partial charge in [-0.1, -0.05) is 6.55 Å². The molecule has 0 amide bonds. The molecular weight excluding hydrogens is 118 g/mol. The van der Waals surface area contributed by atoms with Crippen LogP contribution in [0.4, 0.5) is 0 Å². The first-order valence-corrected chi connectivity index (χ1v) is 3.07. The van der Waals surface area contributed by atoms with Gasteiger partial charge in [0.05, 0.1) is 0 Å². The monoisotopic (exact) mass is 124 g/mol. The van der Waals surface area contributed by atoms with Crippen LogP contribution in [0.2, 0.25) is 6.55 Å². The first-order chi connectivity index (χ1) is 1.41. The average molecular weight is 124 g/mol. The molecule has 0 atom stereocenters. The molecule has 1 N–H and O–H groups in total. The fourth-order valence-electron chi connectivity index (χ4n) is 0. The molecule has 4 heteroatoms. The van der Waals surface area contributed by atoms with Crippen molar-refractivity contribution in [3.05, 3.63) is 0 Å². The van der Waals surface area contributed by atoms with Gasteiger partial charge in [0.2, 0.25) is 0 Å². The van der Waals surface area contributed by atoms with Crippen LogP contribution in [0.15, 0.2) is 0 Å². The predicted molar refractivity (Wildman–Crippen MR) is 28.1 cm³/mol. The summed E-state index contributed by atoms with van der Waals surface area (Å²) in [5.41, 5.74) is 0. The van der Waals surface area contributed by atoms with Crippen molar-refractivity contribution in [1.82, 2.24) is 0 Å². The van der Waals surface area contributed by atoms with Crippen molar-refractivity contribution in [2.75, 3.05) is 0 Å². The molecule has 22 valence electrons. The maximum Gasteiger partial charge on any atom is 0.153 e. The van der Waals surface area contributed by atoms with Crippen LogP contribution in [-0.2, 0) is 0 Å². The van der Waals surface area contributed by atoms with Crippen LogP contribution in [0.1, 0.15) is 0 Å². The zero-order valence-corrected chi connectivity index (χ0v) is 10.7. The Bertz CT molecular complexity index is 11.6. The van der Waals surface area contributed by atoms with Gasteiger partial charge in [0.15, 0.2) is 9.76 Å². The van der Waals surface area contributed by atoms with Crippen LogP contribution in [0, 0.1) is 0 Å². The normalized spacial score (nSPS) is 6.00. The maximum absolute atomic E-state index is 7.71. The van der Waals surface area contributed by atoms with Crippen molar-refractivity contribution in [3.8, 4) is 0 Å². The Hall–Kier alpha value is 2.81. The molecule has 0 saturated heterocycles. The largest absolute Gasteiger partial charge is 0.438 e. The van der Waals surface area contributed by atoms with Crippen LogP contribution < -0.4 is 0 Å². The van der Waals surface area contributed by atoms with Crippen molar-refractivity contribution in [2.45, 2.75) is 6.55 Å². The van der Waals surface area contributed by atoms with Crippen LogP contribution in [-0.4, -0.2) is 95.5 Å². The molecule has 0 aromatic heterocycles. The summed E-state index contributed by atoms with van der Waals surface area (Å²) in [5, 5.41) is 0. The van der Waals surface area contributed by atoms with Gasteiger partial charge in [-0.05, 0) is 0 Å². The van der Waals surface area contributed by atoms with Crippen molar-refractivity contribution in [3.63, 3.8) is 0 Å². The molecule has 0 aromatic rings. The Labute approximate surface area is 99.6 Å². The van der Waals surface area contributed by atoms with Gasteiger partial charge >= 0.3 is 0 Å². The second kappa shape index (κ2) is 15.8. The van der Waals surface area contributed by atoms with Crippen molar-refractivity contribution in [1.29, 1.82) is 0 Å². The number of hydrogen-bond acceptors (Lipinski definition) is 1. The molecule has 0 spiro atoms. The van der Waals surface area contributed by atoms with Gasteiger partial charge < -0.3 is 4.80 Å². The Morgan fingerprint density at radius 3 is 1.60 bits per heavy atom. The summed E-state index contributed by atoms with van der Waals surface area (Å²) >= 11 is 0. The van der Waals surface area contributed by atoms with Gasteiger partial charge in [0, 0.05) is 80.9 Å². The Morgan fingerprint density at radius 1 is 1.60 bits per heavy atom. The Balaban J connectivity index is -0.0000000200. The molecule has 0 fully saturated rings. The first kappa shape index (κ1) is 15.7. The summed E-state index contributed by atoms with van der Waals surface area (Å²) in [4.78, 5) is 7.71. The molecule has 0 heterocycles. The summed E-state index contributed by atoms with van der Waals surface area (Å²) in [6.45, 7) is 1.82. The molecule has 0 unspecified atom stereocenters. The topological polar surface area (TPSA) is 20.2 Å². The molecule has 0 aromatic carbocycles. The van der Waals surface area contributed by atoms with Crippen LogP contribution in [0.5, 0.6) is 0 Å². The minimum absolute atomic E-state index is 0. The first-order valence-electron chi connectivity index (χ1n) is 1.02. The molecule has 0 aliphatic carbocycles. The average Bonchev–Trinajstić information content (AvgIpc) is 0.918. The summed E-state index contributed by atoms with van der Waals surface area (Å²) in [6.07, 6.45) is 0. The van der Waals surface area contributed by atoms with E-state index >= 15 is 0 Å². The van der Waals surface area contributed by atoms with Gasteiger partial charge in [0.1, 0.15) is 0 Å². The smallest absolute Gasteiger partial charge is 0.153 e. The van der Waals surface area contributed by atoms with E-state index in [0.717, 1.165) is 0 Å². The van der Waals surface area contributed by atoms with Gasteiger partial charge in [-0.2, -0.15) is 0 Å². The van der Waals surface area contributed by atoms with E-state index in [9.17, 15) is 0 Å². The third kappa shape index (κ3) is 19.9. The second-order valence-electron chi connectivity index (χ2n) is 0.316. The van der Waals surface area contributed by atoms with E-state index in [1.807, 2.05) is 6.55 Å². The minimum atomic E-state index is -0.583. The van der Waals surface area contributed by atoms with E-state index < -0.39 is 9.76 Å². The molecular formula is CH6KNaOSi. The zero-order chi connectivity index (χ0) is 2.71. The van der Waals surface area contributed by atoms with Crippen molar-refractivity contribution in [2.24, 2.45) is 0 Å². The van der Waals surface area contributed by atoms with E-state index in [0.29, 0.717) is 0 Å². The fraction of sp³-hybridized carbons (Fsp3) is 1.00. The van der Waals surface area contributed by atoms with Crippen molar-refractivity contribution < 1.29 is 4.80 Å². The third-order valence-electron chi connectivity index (χ3n) is 0. The van der Waals surface area contributed by atoms with E-state index in [-0.39, 0.29) is 80.9 Å². The molecule has 0 saturated carbocycles. The Kier molecular flexibility index (Phi) is 49.6. The second-order valence-corrected chi connectivity index (χ2v) is 0.949. The van der Waals surface area contributed by atoms with Gasteiger partial charge in [-0.25, -0.2) is 0 Å². The van der Waals surface area contributed by atoms with E-state index in [2.05, 4.69) is 0 Å². The minimum Gasteiger partial charge on any atom is -0.438 e. The standard InChI is InChI=1S/CH6OSi.K.Na/c1-3-2;;/h2H,3H2,1H3;;. The summed E-state index contributed by atoms with van der Waals surface area (Å²) in [7, 11) is -0.583. The summed E-state index contributed by atoms with van der Waals surface area (Å²) < 4.78 is 0. The molecule has 5 heavy (non-hydrogen) atoms. The fourth-order valence-corrected chi connectivity index (χ4v) is 0. The summed E-state index contributed by atoms with van der Waals surface area (Å²) in [6, 6.07) is 0. The van der Waals surface area contributed by atoms with Crippen LogP contribution in [0.25, 0.3) is 0 Å².